The number of unbranched alkanes of at least 4 members (excludes halogenated alkanes) is 21. The Balaban J connectivity index is 4.25. The lowest BCUT2D eigenvalue weighted by Gasteiger charge is -2.24. The van der Waals surface area contributed by atoms with E-state index in [1.54, 1.807) is 0 Å². The van der Waals surface area contributed by atoms with Crippen molar-refractivity contribution in [2.75, 3.05) is 47.5 Å². The molecule has 9 nitrogen and oxygen atoms in total. The Morgan fingerprint density at radius 3 is 1.16 bits per heavy atom. The minimum absolute atomic E-state index is 0.0191. The van der Waals surface area contributed by atoms with E-state index >= 15 is 0 Å². The summed E-state index contributed by atoms with van der Waals surface area (Å²) >= 11 is 0. The van der Waals surface area contributed by atoms with Gasteiger partial charge >= 0.3 is 19.8 Å². The van der Waals surface area contributed by atoms with E-state index in [9.17, 15) is 19.0 Å². The smallest absolute Gasteiger partial charge is 0.462 e. The number of hydrogen-bond acceptors (Lipinski definition) is 7. The number of phosphoric ester groups is 1. The van der Waals surface area contributed by atoms with Crippen LogP contribution in [0.5, 0.6) is 0 Å². The van der Waals surface area contributed by atoms with Gasteiger partial charge in [-0.25, -0.2) is 4.57 Å². The van der Waals surface area contributed by atoms with E-state index < -0.39 is 26.5 Å². The van der Waals surface area contributed by atoms with Gasteiger partial charge in [-0.05, 0) is 103 Å². The van der Waals surface area contributed by atoms with Gasteiger partial charge in [0.05, 0.1) is 27.7 Å². The van der Waals surface area contributed by atoms with Crippen LogP contribution in [0.25, 0.3) is 0 Å². The van der Waals surface area contributed by atoms with Crippen LogP contribution < -0.4 is 0 Å². The van der Waals surface area contributed by atoms with Crippen molar-refractivity contribution >= 4 is 19.8 Å². The SMILES string of the molecule is CC/C=C\C/C=C\C/C=C\C/C=C\C/C=C\C/C=C\C/C=C\CCCCCC(=O)OC(COC(=O)CCCCCCCCCCCCCCC/C=C\C/C=C\CCCCCCC)COP(=O)(O)OCC[N+](C)(C)C. The van der Waals surface area contributed by atoms with Crippen LogP contribution in [0.3, 0.4) is 0 Å². The lowest BCUT2D eigenvalue weighted by molar-refractivity contribution is -0.870. The van der Waals surface area contributed by atoms with Gasteiger partial charge in [0.15, 0.2) is 6.10 Å². The van der Waals surface area contributed by atoms with Crippen LogP contribution in [0.2, 0.25) is 0 Å². The van der Waals surface area contributed by atoms with Crippen LogP contribution in [0.1, 0.15) is 232 Å². The molecular formula is C64H111NO8P+. The summed E-state index contributed by atoms with van der Waals surface area (Å²) in [6.07, 6.45) is 75.9. The van der Waals surface area contributed by atoms with Gasteiger partial charge in [-0.3, -0.25) is 18.6 Å². The molecular weight excluding hydrogens is 942 g/mol. The number of hydrogen-bond donors (Lipinski definition) is 1. The van der Waals surface area contributed by atoms with Gasteiger partial charge in [-0.2, -0.15) is 0 Å². The third-order valence-corrected chi connectivity index (χ3v) is 13.3. The van der Waals surface area contributed by atoms with Gasteiger partial charge in [-0.15, -0.1) is 0 Å². The maximum atomic E-state index is 12.8. The van der Waals surface area contributed by atoms with Crippen molar-refractivity contribution in [2.24, 2.45) is 0 Å². The zero-order chi connectivity index (χ0) is 54.2. The molecule has 1 N–H and O–H groups in total. The summed E-state index contributed by atoms with van der Waals surface area (Å²) < 4.78 is 34.5. The monoisotopic (exact) mass is 1050 g/mol. The molecule has 10 heteroatoms. The van der Waals surface area contributed by atoms with Crippen molar-refractivity contribution in [3.05, 3.63) is 109 Å². The highest BCUT2D eigenvalue weighted by Gasteiger charge is 2.27. The number of nitrogens with zero attached hydrogens (tertiary/aromatic N) is 1. The summed E-state index contributed by atoms with van der Waals surface area (Å²) in [6.45, 7) is 4.27. The molecule has 0 rings (SSSR count). The molecule has 0 amide bonds. The lowest BCUT2D eigenvalue weighted by atomic mass is 10.0. The van der Waals surface area contributed by atoms with E-state index in [1.165, 1.54) is 109 Å². The maximum absolute atomic E-state index is 12.8. The summed E-state index contributed by atoms with van der Waals surface area (Å²) in [6, 6.07) is 0. The first-order valence-electron chi connectivity index (χ1n) is 29.6. The second-order valence-electron chi connectivity index (χ2n) is 20.6. The number of quaternary nitrogens is 1. The maximum Gasteiger partial charge on any atom is 0.472 e. The van der Waals surface area contributed by atoms with Crippen molar-refractivity contribution in [1.82, 2.24) is 0 Å². The summed E-state index contributed by atoms with van der Waals surface area (Å²) in [5.41, 5.74) is 0. The zero-order valence-electron chi connectivity index (χ0n) is 48.0. The average Bonchev–Trinajstić information content (AvgIpc) is 3.36. The highest BCUT2D eigenvalue weighted by Crippen LogP contribution is 2.43. The van der Waals surface area contributed by atoms with Crippen LogP contribution in [0.4, 0.5) is 0 Å². The number of allylic oxidation sites excluding steroid dienone is 18. The molecule has 74 heavy (non-hydrogen) atoms. The van der Waals surface area contributed by atoms with Crippen molar-refractivity contribution in [2.45, 2.75) is 238 Å². The molecule has 0 aliphatic rings. The van der Waals surface area contributed by atoms with Crippen LogP contribution in [0.15, 0.2) is 109 Å². The number of phosphoric acid groups is 1. The van der Waals surface area contributed by atoms with Gasteiger partial charge < -0.3 is 18.9 Å². The molecule has 0 aliphatic carbocycles. The fraction of sp³-hybridized carbons (Fsp3) is 0.688. The number of carbonyl (C=O) groups is 2. The second-order valence-corrected chi connectivity index (χ2v) is 22.1. The van der Waals surface area contributed by atoms with Crippen LogP contribution in [-0.4, -0.2) is 74.9 Å². The number of ether oxygens (including phenoxy) is 2. The minimum atomic E-state index is -4.40. The third-order valence-electron chi connectivity index (χ3n) is 12.3. The number of esters is 2. The van der Waals surface area contributed by atoms with Crippen molar-refractivity contribution in [1.29, 1.82) is 0 Å². The van der Waals surface area contributed by atoms with Crippen LogP contribution in [-0.2, 0) is 32.7 Å². The van der Waals surface area contributed by atoms with E-state index in [2.05, 4.69) is 123 Å². The summed E-state index contributed by atoms with van der Waals surface area (Å²) in [5.74, 6) is -0.841. The Labute approximate surface area is 455 Å². The lowest BCUT2D eigenvalue weighted by Crippen LogP contribution is -2.37. The molecule has 2 atom stereocenters. The first-order valence-corrected chi connectivity index (χ1v) is 31.1. The predicted molar refractivity (Wildman–Crippen MR) is 316 cm³/mol. The minimum Gasteiger partial charge on any atom is -0.462 e. The van der Waals surface area contributed by atoms with E-state index in [4.69, 9.17) is 18.5 Å². The first kappa shape index (κ1) is 70.7. The summed E-state index contributed by atoms with van der Waals surface area (Å²) in [5, 5.41) is 0. The zero-order valence-corrected chi connectivity index (χ0v) is 48.9. The summed E-state index contributed by atoms with van der Waals surface area (Å²) in [7, 11) is 1.44. The van der Waals surface area contributed by atoms with Gasteiger partial charge in [0, 0.05) is 12.8 Å². The van der Waals surface area contributed by atoms with E-state index in [1.807, 2.05) is 21.1 Å². The normalized spacial score (nSPS) is 14.1. The molecule has 424 valence electrons. The molecule has 0 heterocycles. The van der Waals surface area contributed by atoms with Gasteiger partial charge in [0.2, 0.25) is 0 Å². The second kappa shape index (κ2) is 54.5. The fourth-order valence-corrected chi connectivity index (χ4v) is 8.47. The Morgan fingerprint density at radius 1 is 0.432 bits per heavy atom. The van der Waals surface area contributed by atoms with Crippen LogP contribution >= 0.6 is 7.82 Å². The molecule has 0 fully saturated rings. The Hall–Kier alpha value is -3.33. The van der Waals surface area contributed by atoms with Crippen LogP contribution in [0, 0.1) is 0 Å². The molecule has 0 aromatic rings. The van der Waals surface area contributed by atoms with Gasteiger partial charge in [-0.1, -0.05) is 226 Å². The average molecular weight is 1050 g/mol. The highest BCUT2D eigenvalue weighted by molar-refractivity contribution is 7.47. The molecule has 0 aliphatic heterocycles. The predicted octanol–water partition coefficient (Wildman–Crippen LogP) is 18.6. The largest absolute Gasteiger partial charge is 0.472 e. The molecule has 0 aromatic carbocycles. The highest BCUT2D eigenvalue weighted by atomic mass is 31.2. The molecule has 0 radical (unpaired) electrons. The molecule has 0 bridgehead atoms. The van der Waals surface area contributed by atoms with Crippen molar-refractivity contribution in [3.8, 4) is 0 Å². The molecule has 2 unspecified atom stereocenters. The quantitative estimate of drug-likeness (QED) is 0.0211. The number of rotatable bonds is 53. The van der Waals surface area contributed by atoms with Gasteiger partial charge in [0.25, 0.3) is 0 Å². The molecule has 0 saturated heterocycles. The third kappa shape index (κ3) is 57.9. The number of carbonyl (C=O) groups excluding carboxylic acids is 2. The van der Waals surface area contributed by atoms with E-state index in [-0.39, 0.29) is 32.0 Å². The summed E-state index contributed by atoms with van der Waals surface area (Å²) in [4.78, 5) is 35.7. The Morgan fingerprint density at radius 2 is 0.770 bits per heavy atom. The van der Waals surface area contributed by atoms with E-state index in [0.717, 1.165) is 89.9 Å². The van der Waals surface area contributed by atoms with Crippen molar-refractivity contribution in [3.63, 3.8) is 0 Å². The molecule has 0 saturated carbocycles. The van der Waals surface area contributed by atoms with Gasteiger partial charge in [0.1, 0.15) is 19.8 Å². The topological polar surface area (TPSA) is 108 Å². The van der Waals surface area contributed by atoms with E-state index in [0.29, 0.717) is 17.4 Å². The fourth-order valence-electron chi connectivity index (χ4n) is 7.73. The standard InChI is InChI=1S/C64H110NO8P/c1-6-8-10-12-14-16-18-20-22-24-26-28-30-32-34-36-38-40-42-44-46-48-50-52-54-56-63(66)70-60-62(61-72-74(68,69)71-59-58-65(3,4)5)73-64(67)57-55-53-51-49-47-45-43-41-39-37-35-33-31-29-27-25-23-21-19-17-15-13-11-9-7-2/h9,11,15,17-18,20-21,23-24,26-27,29,33,35,39,41,45,47,62H,6-8,10,12-14,16,19,22,25,28,30-32,34,36-38,40,42-44,46,48-61H2,1-5H3/p+1/b11-9-,17-15-,20-18-,23-21-,26-24-,29-27-,35-33-,41-39-,47-45-. The molecule has 0 aromatic heterocycles. The molecule has 0 spiro atoms. The number of likely N-dealkylation sites (N-methyl/N-ethyl adjacent to an activating group) is 1. The van der Waals surface area contributed by atoms with Crippen molar-refractivity contribution < 1.29 is 42.1 Å². The first-order chi connectivity index (χ1) is 36.0. The Kier molecular flexibility index (Phi) is 52.0. The Bertz CT molecular complexity index is 1620.